The van der Waals surface area contributed by atoms with Crippen molar-refractivity contribution in [2.45, 2.75) is 0 Å². The average molecular weight is 278 g/mol. The van der Waals surface area contributed by atoms with E-state index in [0.717, 1.165) is 0 Å². The van der Waals surface area contributed by atoms with Crippen molar-refractivity contribution in [3.8, 4) is 17.6 Å². The van der Waals surface area contributed by atoms with Crippen LogP contribution in [0.1, 0.15) is 0 Å². The van der Waals surface area contributed by atoms with Gasteiger partial charge in [0.25, 0.3) is 0 Å². The topological polar surface area (TPSA) is 71.4 Å². The molecule has 1 N–H and O–H groups in total. The predicted molar refractivity (Wildman–Crippen MR) is 75.4 cm³/mol. The van der Waals surface area contributed by atoms with Crippen LogP contribution in [0.15, 0.2) is 66.1 Å². The van der Waals surface area contributed by atoms with Crippen LogP contribution in [0.25, 0.3) is 0 Å². The number of para-hydroxylation sites is 3. The molecule has 2 aromatic carbocycles. The van der Waals surface area contributed by atoms with Gasteiger partial charge in [-0.3, -0.25) is 0 Å². The van der Waals surface area contributed by atoms with Gasteiger partial charge in [-0.2, -0.15) is 5.26 Å². The molecule has 0 saturated carbocycles. The Morgan fingerprint density at radius 2 is 1.81 bits per heavy atom. The normalized spacial score (nSPS) is 14.2. The second kappa shape index (κ2) is 5.39. The van der Waals surface area contributed by atoms with Gasteiger partial charge < -0.3 is 14.8 Å². The first-order chi connectivity index (χ1) is 10.3. The Hall–Kier alpha value is -3.26. The van der Waals surface area contributed by atoms with Crippen molar-refractivity contribution in [3.05, 3.63) is 66.1 Å². The zero-order chi connectivity index (χ0) is 14.7. The second-order valence-corrected chi connectivity index (χ2v) is 4.24. The number of fused-ring (bicyclic) bond motifs is 1. The molecule has 1 aliphatic heterocycles. The number of nitrogens with one attached hydrogen (secondary N) is 1. The zero-order valence-corrected chi connectivity index (χ0v) is 10.9. The molecule has 102 valence electrons. The lowest BCUT2D eigenvalue weighted by Crippen LogP contribution is -2.15. The van der Waals surface area contributed by atoms with E-state index in [1.807, 2.05) is 12.1 Å². The second-order valence-electron chi connectivity index (χ2n) is 4.24. The van der Waals surface area contributed by atoms with Crippen molar-refractivity contribution in [3.63, 3.8) is 0 Å². The van der Waals surface area contributed by atoms with Crippen molar-refractivity contribution in [2.75, 3.05) is 5.32 Å². The summed E-state index contributed by atoms with van der Waals surface area (Å²) in [6.07, 6.45) is 0. The number of carbonyl (C=O) groups is 1. The van der Waals surface area contributed by atoms with Gasteiger partial charge in [-0.25, -0.2) is 4.79 Å². The highest BCUT2D eigenvalue weighted by Crippen LogP contribution is 2.33. The van der Waals surface area contributed by atoms with Crippen molar-refractivity contribution < 1.29 is 14.3 Å². The smallest absolute Gasteiger partial charge is 0.359 e. The highest BCUT2D eigenvalue weighted by molar-refractivity contribution is 5.95. The number of benzene rings is 2. The Labute approximate surface area is 121 Å². The monoisotopic (exact) mass is 278 g/mol. The van der Waals surface area contributed by atoms with E-state index in [-0.39, 0.29) is 11.5 Å². The summed E-state index contributed by atoms with van der Waals surface area (Å²) in [4.78, 5) is 12.1. The van der Waals surface area contributed by atoms with Crippen LogP contribution in [0, 0.1) is 11.3 Å². The highest BCUT2D eigenvalue weighted by Gasteiger charge is 2.25. The maximum atomic E-state index is 12.1. The van der Waals surface area contributed by atoms with Crippen LogP contribution in [0.4, 0.5) is 5.69 Å². The maximum Gasteiger partial charge on any atom is 0.359 e. The summed E-state index contributed by atoms with van der Waals surface area (Å²) in [6, 6.07) is 17.5. The minimum atomic E-state index is -0.765. The molecule has 0 spiro atoms. The Morgan fingerprint density at radius 1 is 1.10 bits per heavy atom. The number of hydrogen-bond acceptors (Lipinski definition) is 5. The number of nitriles is 1. The molecule has 21 heavy (non-hydrogen) atoms. The summed E-state index contributed by atoms with van der Waals surface area (Å²) in [7, 11) is 0. The molecule has 0 fully saturated rings. The molecule has 0 unspecified atom stereocenters. The molecule has 1 heterocycles. The third kappa shape index (κ3) is 2.55. The molecule has 1 aliphatic rings. The SMILES string of the molecule is N#C/C(C(=O)Oc1ccccc1)=C1/Nc2ccccc2O1. The Kier molecular flexibility index (Phi) is 3.27. The molecule has 2 aromatic rings. The van der Waals surface area contributed by atoms with Crippen LogP contribution in [0.3, 0.4) is 0 Å². The van der Waals surface area contributed by atoms with E-state index in [9.17, 15) is 10.1 Å². The fraction of sp³-hybridized carbons (Fsp3) is 0. The van der Waals surface area contributed by atoms with E-state index in [2.05, 4.69) is 5.32 Å². The summed E-state index contributed by atoms with van der Waals surface area (Å²) in [5.74, 6) is 0.248. The van der Waals surface area contributed by atoms with Crippen LogP contribution in [0.5, 0.6) is 11.5 Å². The number of hydrogen-bond donors (Lipinski definition) is 1. The van der Waals surface area contributed by atoms with Crippen LogP contribution < -0.4 is 14.8 Å². The predicted octanol–water partition coefficient (Wildman–Crippen LogP) is 2.83. The first kappa shape index (κ1) is 12.8. The summed E-state index contributed by atoms with van der Waals surface area (Å²) in [5, 5.41) is 12.1. The summed E-state index contributed by atoms with van der Waals surface area (Å²) in [5.41, 5.74) is 0.489. The largest absolute Gasteiger partial charge is 0.437 e. The minimum Gasteiger partial charge on any atom is -0.437 e. The molecule has 0 saturated heterocycles. The third-order valence-electron chi connectivity index (χ3n) is 2.84. The van der Waals surface area contributed by atoms with E-state index < -0.39 is 5.97 Å². The van der Waals surface area contributed by atoms with Gasteiger partial charge in [-0.1, -0.05) is 30.3 Å². The molecule has 5 nitrogen and oxygen atoms in total. The van der Waals surface area contributed by atoms with Crippen molar-refractivity contribution in [1.29, 1.82) is 5.26 Å². The quantitative estimate of drug-likeness (QED) is 0.396. The third-order valence-corrected chi connectivity index (χ3v) is 2.84. The van der Waals surface area contributed by atoms with Gasteiger partial charge in [0.2, 0.25) is 5.88 Å². The fourth-order valence-electron chi connectivity index (χ4n) is 1.87. The summed E-state index contributed by atoms with van der Waals surface area (Å²) in [6.45, 7) is 0. The highest BCUT2D eigenvalue weighted by atomic mass is 16.5. The van der Waals surface area contributed by atoms with Gasteiger partial charge in [0.15, 0.2) is 11.3 Å². The molecule has 0 radical (unpaired) electrons. The lowest BCUT2D eigenvalue weighted by atomic mass is 10.3. The average Bonchev–Trinajstić information content (AvgIpc) is 2.92. The van der Waals surface area contributed by atoms with E-state index >= 15 is 0 Å². The Balaban J connectivity index is 1.85. The number of rotatable bonds is 2. The maximum absolute atomic E-state index is 12.1. The molecule has 5 heteroatoms. The molecular formula is C16H10N2O3. The van der Waals surface area contributed by atoms with Crippen molar-refractivity contribution in [2.24, 2.45) is 0 Å². The summed E-state index contributed by atoms with van der Waals surface area (Å²) < 4.78 is 10.6. The Bertz CT molecular complexity index is 734. The van der Waals surface area contributed by atoms with Gasteiger partial charge in [0.1, 0.15) is 11.8 Å². The number of anilines is 1. The van der Waals surface area contributed by atoms with Gasteiger partial charge in [-0.05, 0) is 24.3 Å². The lowest BCUT2D eigenvalue weighted by Gasteiger charge is -2.05. The van der Waals surface area contributed by atoms with Crippen molar-refractivity contribution in [1.82, 2.24) is 0 Å². The number of ether oxygens (including phenoxy) is 2. The zero-order valence-electron chi connectivity index (χ0n) is 10.9. The van der Waals surface area contributed by atoms with E-state index in [1.54, 1.807) is 48.5 Å². The van der Waals surface area contributed by atoms with Gasteiger partial charge >= 0.3 is 5.97 Å². The van der Waals surface area contributed by atoms with Crippen LogP contribution in [-0.2, 0) is 4.79 Å². The number of nitrogens with zero attached hydrogens (tertiary/aromatic N) is 1. The molecule has 0 amide bonds. The molecule has 0 atom stereocenters. The minimum absolute atomic E-state index is 0.0830. The molecular weight excluding hydrogens is 268 g/mol. The van der Waals surface area contributed by atoms with Gasteiger partial charge in [0, 0.05) is 0 Å². The number of carbonyl (C=O) groups excluding carboxylic acids is 1. The molecule has 3 rings (SSSR count). The van der Waals surface area contributed by atoms with Crippen LogP contribution >= 0.6 is 0 Å². The molecule has 0 aliphatic carbocycles. The lowest BCUT2D eigenvalue weighted by molar-refractivity contribution is -0.129. The molecule has 0 aromatic heterocycles. The number of esters is 1. The van der Waals surface area contributed by atoms with Crippen LogP contribution in [0.2, 0.25) is 0 Å². The first-order valence-corrected chi connectivity index (χ1v) is 6.23. The Morgan fingerprint density at radius 3 is 2.52 bits per heavy atom. The standard InChI is InChI=1S/C16H10N2O3/c17-10-12(16(19)20-11-6-2-1-3-7-11)15-18-13-8-4-5-9-14(13)21-15/h1-9,18H/b15-12+. The van der Waals surface area contributed by atoms with E-state index in [4.69, 9.17) is 9.47 Å². The first-order valence-electron chi connectivity index (χ1n) is 6.23. The fourth-order valence-corrected chi connectivity index (χ4v) is 1.87. The molecule has 0 bridgehead atoms. The van der Waals surface area contributed by atoms with Crippen molar-refractivity contribution >= 4 is 11.7 Å². The summed E-state index contributed by atoms with van der Waals surface area (Å²) >= 11 is 0. The van der Waals surface area contributed by atoms with Crippen LogP contribution in [-0.4, -0.2) is 5.97 Å². The van der Waals surface area contributed by atoms with Gasteiger partial charge in [-0.15, -0.1) is 0 Å². The van der Waals surface area contributed by atoms with E-state index in [0.29, 0.717) is 17.2 Å². The van der Waals surface area contributed by atoms with Gasteiger partial charge in [0.05, 0.1) is 5.69 Å². The van der Waals surface area contributed by atoms with E-state index in [1.165, 1.54) is 0 Å².